The van der Waals surface area contributed by atoms with Crippen molar-refractivity contribution in [3.05, 3.63) is 30.6 Å². The van der Waals surface area contributed by atoms with Gasteiger partial charge >= 0.3 is 0 Å². The molecule has 106 valence electrons. The second kappa shape index (κ2) is 5.65. The van der Waals surface area contributed by atoms with Gasteiger partial charge in [0.2, 0.25) is 5.91 Å². The van der Waals surface area contributed by atoms with Gasteiger partial charge in [-0.3, -0.25) is 4.79 Å². The van der Waals surface area contributed by atoms with E-state index in [4.69, 9.17) is 0 Å². The molecule has 3 rings (SSSR count). The van der Waals surface area contributed by atoms with Gasteiger partial charge < -0.3 is 9.47 Å². The van der Waals surface area contributed by atoms with Crippen LogP contribution in [0.5, 0.6) is 0 Å². The van der Waals surface area contributed by atoms with Crippen molar-refractivity contribution in [2.45, 2.75) is 32.7 Å². The van der Waals surface area contributed by atoms with Crippen molar-refractivity contribution in [1.29, 1.82) is 0 Å². The maximum absolute atomic E-state index is 12.2. The Morgan fingerprint density at radius 1 is 1.35 bits per heavy atom. The van der Waals surface area contributed by atoms with Crippen LogP contribution in [-0.4, -0.2) is 33.4 Å². The summed E-state index contributed by atoms with van der Waals surface area (Å²) in [7, 11) is 0. The molecule has 3 heterocycles. The van der Waals surface area contributed by atoms with Gasteiger partial charge in [-0.05, 0) is 37.0 Å². The summed E-state index contributed by atoms with van der Waals surface area (Å²) >= 11 is 0. The van der Waals surface area contributed by atoms with Gasteiger partial charge in [0, 0.05) is 43.8 Å². The Morgan fingerprint density at radius 3 is 2.95 bits per heavy atom. The zero-order valence-corrected chi connectivity index (χ0v) is 12.0. The van der Waals surface area contributed by atoms with Crippen molar-refractivity contribution < 1.29 is 4.79 Å². The largest absolute Gasteiger partial charge is 0.343 e. The second-order valence-electron chi connectivity index (χ2n) is 5.74. The summed E-state index contributed by atoms with van der Waals surface area (Å²) in [6.45, 7) is 4.82. The molecule has 0 unspecified atom stereocenters. The van der Waals surface area contributed by atoms with Crippen molar-refractivity contribution in [2.24, 2.45) is 5.92 Å². The molecule has 0 aromatic carbocycles. The fraction of sp³-hybridized carbons (Fsp3) is 0.500. The molecule has 2 aromatic rings. The van der Waals surface area contributed by atoms with Gasteiger partial charge in [-0.15, -0.1) is 0 Å². The van der Waals surface area contributed by atoms with Gasteiger partial charge in [0.05, 0.1) is 0 Å². The van der Waals surface area contributed by atoms with Gasteiger partial charge in [-0.1, -0.05) is 6.92 Å². The first-order valence-corrected chi connectivity index (χ1v) is 7.41. The molecule has 4 heteroatoms. The van der Waals surface area contributed by atoms with Crippen LogP contribution in [0.2, 0.25) is 0 Å². The Kier molecular flexibility index (Phi) is 3.72. The first-order valence-electron chi connectivity index (χ1n) is 7.41. The molecule has 0 saturated carbocycles. The monoisotopic (exact) mass is 271 g/mol. The third-order valence-corrected chi connectivity index (χ3v) is 4.23. The van der Waals surface area contributed by atoms with E-state index in [1.807, 2.05) is 23.2 Å². The number of rotatable bonds is 3. The standard InChI is InChI=1S/C16H21N3O/c1-13-4-9-18(10-5-13)15(20)7-12-19-11-6-14-3-2-8-17-16(14)19/h2-3,6,8,11,13H,4-5,7,9-10,12H2,1H3. The van der Waals surface area contributed by atoms with Crippen molar-refractivity contribution in [1.82, 2.24) is 14.5 Å². The molecule has 0 spiro atoms. The van der Waals surface area contributed by atoms with Crippen molar-refractivity contribution in [3.8, 4) is 0 Å². The number of nitrogens with zero attached hydrogens (tertiary/aromatic N) is 3. The average Bonchev–Trinajstić information content (AvgIpc) is 2.89. The van der Waals surface area contributed by atoms with Crippen LogP contribution in [0.3, 0.4) is 0 Å². The lowest BCUT2D eigenvalue weighted by Gasteiger charge is -2.30. The molecule has 0 aliphatic carbocycles. The van der Waals surface area contributed by atoms with Crippen LogP contribution in [0.4, 0.5) is 0 Å². The average molecular weight is 271 g/mol. The lowest BCUT2D eigenvalue weighted by atomic mass is 9.99. The van der Waals surface area contributed by atoms with Crippen molar-refractivity contribution in [3.63, 3.8) is 0 Å². The third kappa shape index (κ3) is 2.69. The minimum Gasteiger partial charge on any atom is -0.343 e. The van der Waals surface area contributed by atoms with Crippen LogP contribution < -0.4 is 0 Å². The molecule has 0 radical (unpaired) electrons. The first-order chi connectivity index (χ1) is 9.74. The van der Waals surface area contributed by atoms with Crippen LogP contribution in [-0.2, 0) is 11.3 Å². The highest BCUT2D eigenvalue weighted by Gasteiger charge is 2.19. The van der Waals surface area contributed by atoms with Gasteiger partial charge in [0.1, 0.15) is 5.65 Å². The fourth-order valence-corrected chi connectivity index (χ4v) is 2.83. The predicted molar refractivity (Wildman–Crippen MR) is 79.3 cm³/mol. The summed E-state index contributed by atoms with van der Waals surface area (Å²) in [5, 5.41) is 1.13. The van der Waals surface area contributed by atoms with E-state index in [1.54, 1.807) is 6.20 Å². The summed E-state index contributed by atoms with van der Waals surface area (Å²) in [4.78, 5) is 18.6. The number of amides is 1. The van der Waals surface area contributed by atoms with E-state index in [9.17, 15) is 4.79 Å². The normalized spacial score (nSPS) is 16.8. The summed E-state index contributed by atoms with van der Waals surface area (Å²) in [5.41, 5.74) is 0.965. The number of hydrogen-bond donors (Lipinski definition) is 0. The highest BCUT2D eigenvalue weighted by atomic mass is 16.2. The number of likely N-dealkylation sites (tertiary alicyclic amines) is 1. The molecule has 0 atom stereocenters. The van der Waals surface area contributed by atoms with Crippen LogP contribution in [0, 0.1) is 5.92 Å². The number of fused-ring (bicyclic) bond motifs is 1. The number of pyridine rings is 1. The van der Waals surface area contributed by atoms with Crippen LogP contribution in [0.15, 0.2) is 30.6 Å². The first kappa shape index (κ1) is 13.2. The summed E-state index contributed by atoms with van der Waals surface area (Å²) in [6.07, 6.45) is 6.66. The van der Waals surface area contributed by atoms with Gasteiger partial charge in [-0.25, -0.2) is 4.98 Å². The Hall–Kier alpha value is -1.84. The zero-order chi connectivity index (χ0) is 13.9. The molecular formula is C16H21N3O. The van der Waals surface area contributed by atoms with E-state index in [-0.39, 0.29) is 5.91 Å². The molecule has 2 aromatic heterocycles. The third-order valence-electron chi connectivity index (χ3n) is 4.23. The van der Waals surface area contributed by atoms with Gasteiger partial charge in [0.25, 0.3) is 0 Å². The molecule has 1 aliphatic heterocycles. The Bertz CT molecular complexity index is 597. The fourth-order valence-electron chi connectivity index (χ4n) is 2.83. The molecule has 1 saturated heterocycles. The van der Waals surface area contributed by atoms with E-state index in [1.165, 1.54) is 0 Å². The molecule has 20 heavy (non-hydrogen) atoms. The lowest BCUT2D eigenvalue weighted by Crippen LogP contribution is -2.38. The zero-order valence-electron chi connectivity index (χ0n) is 12.0. The number of carbonyl (C=O) groups excluding carboxylic acids is 1. The summed E-state index contributed by atoms with van der Waals surface area (Å²) < 4.78 is 2.07. The lowest BCUT2D eigenvalue weighted by molar-refractivity contribution is -0.132. The second-order valence-corrected chi connectivity index (χ2v) is 5.74. The molecule has 4 nitrogen and oxygen atoms in total. The van der Waals surface area contributed by atoms with Crippen molar-refractivity contribution in [2.75, 3.05) is 13.1 Å². The maximum Gasteiger partial charge on any atom is 0.224 e. The Balaban J connectivity index is 1.60. The number of aromatic nitrogens is 2. The maximum atomic E-state index is 12.2. The Labute approximate surface area is 119 Å². The topological polar surface area (TPSA) is 38.1 Å². The number of piperidine rings is 1. The van der Waals surface area contributed by atoms with E-state index < -0.39 is 0 Å². The number of aryl methyl sites for hydroxylation is 1. The minimum absolute atomic E-state index is 0.273. The van der Waals surface area contributed by atoms with E-state index >= 15 is 0 Å². The van der Waals surface area contributed by atoms with Crippen LogP contribution >= 0.6 is 0 Å². The predicted octanol–water partition coefficient (Wildman–Crippen LogP) is 2.68. The highest BCUT2D eigenvalue weighted by Crippen LogP contribution is 2.17. The van der Waals surface area contributed by atoms with E-state index in [2.05, 4.69) is 22.5 Å². The molecule has 1 aliphatic rings. The molecule has 1 amide bonds. The molecular weight excluding hydrogens is 250 g/mol. The SMILES string of the molecule is CC1CCN(C(=O)CCn2ccc3cccnc32)CC1. The number of hydrogen-bond acceptors (Lipinski definition) is 2. The Morgan fingerprint density at radius 2 is 2.15 bits per heavy atom. The molecule has 0 bridgehead atoms. The van der Waals surface area contributed by atoms with E-state index in [0.717, 1.165) is 42.9 Å². The quantitative estimate of drug-likeness (QED) is 0.861. The van der Waals surface area contributed by atoms with Crippen molar-refractivity contribution >= 4 is 16.9 Å². The van der Waals surface area contributed by atoms with E-state index in [0.29, 0.717) is 13.0 Å². The van der Waals surface area contributed by atoms with Gasteiger partial charge in [0.15, 0.2) is 0 Å². The minimum atomic E-state index is 0.273. The highest BCUT2D eigenvalue weighted by molar-refractivity contribution is 5.78. The molecule has 0 N–H and O–H groups in total. The number of carbonyl (C=O) groups is 1. The van der Waals surface area contributed by atoms with Crippen LogP contribution in [0.1, 0.15) is 26.2 Å². The summed E-state index contributed by atoms with van der Waals surface area (Å²) in [5.74, 6) is 1.03. The molecule has 1 fully saturated rings. The van der Waals surface area contributed by atoms with Gasteiger partial charge in [-0.2, -0.15) is 0 Å². The smallest absolute Gasteiger partial charge is 0.224 e. The van der Waals surface area contributed by atoms with Crippen LogP contribution in [0.25, 0.3) is 11.0 Å². The summed E-state index contributed by atoms with van der Waals surface area (Å²) in [6, 6.07) is 6.04.